The Hall–Kier alpha value is -1.67. The van der Waals surface area contributed by atoms with Gasteiger partial charge < -0.3 is 10.3 Å². The lowest BCUT2D eigenvalue weighted by molar-refractivity contribution is 0.213. The Labute approximate surface area is 123 Å². The molecule has 0 saturated carbocycles. The van der Waals surface area contributed by atoms with Gasteiger partial charge >= 0.3 is 0 Å². The van der Waals surface area contributed by atoms with Crippen molar-refractivity contribution in [2.45, 2.75) is 13.3 Å². The van der Waals surface area contributed by atoms with Gasteiger partial charge in [-0.1, -0.05) is 6.92 Å². The molecule has 0 aromatic carbocycles. The molecule has 2 aromatic heterocycles. The van der Waals surface area contributed by atoms with E-state index >= 15 is 0 Å². The fraction of sp³-hybridized carbons (Fsp3) is 0.538. The molecular formula is C13H19N5O2S. The first kappa shape index (κ1) is 14.3. The monoisotopic (exact) mass is 309 g/mol. The molecule has 2 N–H and O–H groups in total. The molecule has 3 heterocycles. The van der Waals surface area contributed by atoms with Crippen LogP contribution < -0.4 is 5.32 Å². The van der Waals surface area contributed by atoms with E-state index in [1.54, 1.807) is 0 Å². The highest BCUT2D eigenvalue weighted by Crippen LogP contribution is 2.25. The number of H-pyrrole nitrogens is 1. The quantitative estimate of drug-likeness (QED) is 0.853. The van der Waals surface area contributed by atoms with Crippen LogP contribution in [-0.4, -0.2) is 53.6 Å². The van der Waals surface area contributed by atoms with Gasteiger partial charge in [-0.05, 0) is 12.0 Å². The van der Waals surface area contributed by atoms with Gasteiger partial charge in [0.15, 0.2) is 0 Å². The van der Waals surface area contributed by atoms with E-state index in [2.05, 4.69) is 27.2 Å². The summed E-state index contributed by atoms with van der Waals surface area (Å²) in [7, 11) is -3.04. The second kappa shape index (κ2) is 5.27. The maximum Gasteiger partial charge on any atom is 0.211 e. The molecule has 1 saturated heterocycles. The third-order valence-corrected chi connectivity index (χ3v) is 5.12. The fourth-order valence-electron chi connectivity index (χ4n) is 2.60. The first-order valence-corrected chi connectivity index (χ1v) is 8.83. The SMILES string of the molecule is CCc1c[nH]c2ncnc(NCC3CN(S(C)(=O)=O)C3)c12. The van der Waals surface area contributed by atoms with Crippen molar-refractivity contribution in [1.29, 1.82) is 0 Å². The predicted molar refractivity (Wildman–Crippen MR) is 81.7 cm³/mol. The molecule has 0 spiro atoms. The van der Waals surface area contributed by atoms with Crippen LogP contribution in [0.5, 0.6) is 0 Å². The van der Waals surface area contributed by atoms with Crippen molar-refractivity contribution in [1.82, 2.24) is 19.3 Å². The van der Waals surface area contributed by atoms with E-state index in [-0.39, 0.29) is 0 Å². The second-order valence-corrected chi connectivity index (χ2v) is 7.42. The third kappa shape index (κ3) is 2.73. The summed E-state index contributed by atoms with van der Waals surface area (Å²) in [5, 5.41) is 4.36. The van der Waals surface area contributed by atoms with Crippen LogP contribution in [0.2, 0.25) is 0 Å². The van der Waals surface area contributed by atoms with Gasteiger partial charge in [-0.15, -0.1) is 0 Å². The molecule has 7 nitrogen and oxygen atoms in total. The predicted octanol–water partition coefficient (Wildman–Crippen LogP) is 0.824. The molecule has 1 aliphatic heterocycles. The Morgan fingerprint density at radius 1 is 1.43 bits per heavy atom. The minimum absolute atomic E-state index is 0.328. The molecule has 0 unspecified atom stereocenters. The van der Waals surface area contributed by atoms with Crippen LogP contribution >= 0.6 is 0 Å². The fourth-order valence-corrected chi connectivity index (χ4v) is 3.57. The van der Waals surface area contributed by atoms with Crippen LogP contribution in [0, 0.1) is 5.92 Å². The van der Waals surface area contributed by atoms with Crippen LogP contribution in [0.4, 0.5) is 5.82 Å². The van der Waals surface area contributed by atoms with Crippen molar-refractivity contribution in [3.05, 3.63) is 18.1 Å². The summed E-state index contributed by atoms with van der Waals surface area (Å²) in [6, 6.07) is 0. The minimum atomic E-state index is -3.04. The molecule has 0 amide bonds. The Morgan fingerprint density at radius 3 is 2.86 bits per heavy atom. The van der Waals surface area contributed by atoms with Crippen molar-refractivity contribution in [2.75, 3.05) is 31.2 Å². The number of aromatic nitrogens is 3. The number of anilines is 1. The van der Waals surface area contributed by atoms with Gasteiger partial charge in [0.2, 0.25) is 10.0 Å². The zero-order valence-corrected chi connectivity index (χ0v) is 12.9. The number of hydrogen-bond acceptors (Lipinski definition) is 5. The summed E-state index contributed by atoms with van der Waals surface area (Å²) in [5.41, 5.74) is 2.01. The molecule has 0 aliphatic carbocycles. The molecule has 1 aliphatic rings. The summed E-state index contributed by atoms with van der Waals surface area (Å²) >= 11 is 0. The molecule has 21 heavy (non-hydrogen) atoms. The number of nitrogens with one attached hydrogen (secondary N) is 2. The minimum Gasteiger partial charge on any atom is -0.369 e. The zero-order chi connectivity index (χ0) is 15.0. The topological polar surface area (TPSA) is 91.0 Å². The van der Waals surface area contributed by atoms with Gasteiger partial charge in [0.05, 0.1) is 11.6 Å². The highest BCUT2D eigenvalue weighted by Gasteiger charge is 2.32. The van der Waals surface area contributed by atoms with E-state index in [9.17, 15) is 8.42 Å². The van der Waals surface area contributed by atoms with Crippen LogP contribution in [0.3, 0.4) is 0 Å². The lowest BCUT2D eigenvalue weighted by atomic mass is 10.0. The Kier molecular flexibility index (Phi) is 3.58. The number of rotatable bonds is 5. The van der Waals surface area contributed by atoms with E-state index in [4.69, 9.17) is 0 Å². The van der Waals surface area contributed by atoms with E-state index in [1.165, 1.54) is 22.5 Å². The van der Waals surface area contributed by atoms with Crippen molar-refractivity contribution < 1.29 is 8.42 Å². The molecule has 0 radical (unpaired) electrons. The van der Waals surface area contributed by atoms with Crippen LogP contribution in [0.25, 0.3) is 11.0 Å². The van der Waals surface area contributed by atoms with Gasteiger partial charge in [0.25, 0.3) is 0 Å². The molecule has 2 aromatic rings. The van der Waals surface area contributed by atoms with E-state index in [0.29, 0.717) is 25.6 Å². The van der Waals surface area contributed by atoms with Gasteiger partial charge in [0.1, 0.15) is 17.8 Å². The third-order valence-electron chi connectivity index (χ3n) is 3.88. The van der Waals surface area contributed by atoms with Gasteiger partial charge in [-0.3, -0.25) is 0 Å². The molecule has 8 heteroatoms. The summed E-state index contributed by atoms with van der Waals surface area (Å²) in [6.45, 7) is 3.96. The molecular weight excluding hydrogens is 290 g/mol. The Bertz CT molecular complexity index is 749. The van der Waals surface area contributed by atoms with Crippen LogP contribution in [-0.2, 0) is 16.4 Å². The second-order valence-electron chi connectivity index (χ2n) is 5.44. The highest BCUT2D eigenvalue weighted by molar-refractivity contribution is 7.88. The summed E-state index contributed by atoms with van der Waals surface area (Å²) < 4.78 is 24.2. The van der Waals surface area contributed by atoms with Crippen molar-refractivity contribution in [3.63, 3.8) is 0 Å². The van der Waals surface area contributed by atoms with Gasteiger partial charge in [0, 0.05) is 31.7 Å². The van der Waals surface area contributed by atoms with E-state index in [0.717, 1.165) is 23.3 Å². The maximum absolute atomic E-state index is 11.3. The summed E-state index contributed by atoms with van der Waals surface area (Å²) in [5.74, 6) is 1.14. The maximum atomic E-state index is 11.3. The number of nitrogens with zero attached hydrogens (tertiary/aromatic N) is 3. The highest BCUT2D eigenvalue weighted by atomic mass is 32.2. The summed E-state index contributed by atoms with van der Waals surface area (Å²) in [4.78, 5) is 11.7. The number of fused-ring (bicyclic) bond motifs is 1. The average Bonchev–Trinajstić information content (AvgIpc) is 2.79. The van der Waals surface area contributed by atoms with Crippen molar-refractivity contribution in [2.24, 2.45) is 5.92 Å². The first-order valence-electron chi connectivity index (χ1n) is 6.99. The smallest absolute Gasteiger partial charge is 0.211 e. The molecule has 0 atom stereocenters. The molecule has 114 valence electrons. The zero-order valence-electron chi connectivity index (χ0n) is 12.1. The summed E-state index contributed by atoms with van der Waals surface area (Å²) in [6.07, 6.45) is 5.65. The lowest BCUT2D eigenvalue weighted by Crippen LogP contribution is -2.51. The largest absolute Gasteiger partial charge is 0.369 e. The van der Waals surface area contributed by atoms with Gasteiger partial charge in [-0.25, -0.2) is 22.7 Å². The Balaban J connectivity index is 1.68. The standard InChI is InChI=1S/C13H19N5O2S/c1-3-10-5-15-13-11(10)12(16-8-17-13)14-4-9-6-18(7-9)21(2,19)20/h5,8-9H,3-4,6-7H2,1-2H3,(H2,14,15,16,17). The first-order chi connectivity index (χ1) is 9.99. The Morgan fingerprint density at radius 2 is 2.19 bits per heavy atom. The molecule has 0 bridgehead atoms. The normalized spacial score (nSPS) is 17.0. The number of aryl methyl sites for hydroxylation is 1. The molecule has 1 fully saturated rings. The number of hydrogen-bond donors (Lipinski definition) is 2. The van der Waals surface area contributed by atoms with Gasteiger partial charge in [-0.2, -0.15) is 0 Å². The number of aromatic amines is 1. The molecule has 3 rings (SSSR count). The van der Waals surface area contributed by atoms with Crippen LogP contribution in [0.1, 0.15) is 12.5 Å². The van der Waals surface area contributed by atoms with Crippen molar-refractivity contribution in [3.8, 4) is 0 Å². The van der Waals surface area contributed by atoms with Crippen LogP contribution in [0.15, 0.2) is 12.5 Å². The van der Waals surface area contributed by atoms with E-state index in [1.807, 2.05) is 6.20 Å². The van der Waals surface area contributed by atoms with E-state index < -0.39 is 10.0 Å². The average molecular weight is 309 g/mol. The number of sulfonamides is 1. The van der Waals surface area contributed by atoms with Crippen molar-refractivity contribution >= 4 is 26.9 Å². The lowest BCUT2D eigenvalue weighted by Gasteiger charge is -2.37.